The standard InChI is InChI=1S/C75H146O17P2/c1-6-9-12-15-18-21-24-26-27-31-34-39-44-49-54-59-73(78)86-65-71(92-75(80)61-56-51-46-41-36-32-28-30-33-37-42-47-52-57-68(4)5)67-90-94(83,84)88-63-69(76)62-87-93(81,82)89-66-70(64-85-72(77)58-53-48-43-38-23-20-17-14-11-8-3)91-74(79)60-55-50-45-40-35-29-25-22-19-16-13-10-7-2/h68-71,76H,6-67H2,1-5H3,(H,81,82)(H,83,84)/t69-,70+,71+/m0/s1. The van der Waals surface area contributed by atoms with Gasteiger partial charge in [-0.1, -0.05) is 343 Å². The molecule has 558 valence electrons. The van der Waals surface area contributed by atoms with Gasteiger partial charge < -0.3 is 33.8 Å². The fourth-order valence-electron chi connectivity index (χ4n) is 11.5. The Morgan fingerprint density at radius 2 is 0.489 bits per heavy atom. The van der Waals surface area contributed by atoms with Crippen molar-refractivity contribution < 1.29 is 80.2 Å². The average Bonchev–Trinajstić information content (AvgIpc) is 1.54. The first-order valence-corrected chi connectivity index (χ1v) is 42.1. The third-order valence-electron chi connectivity index (χ3n) is 17.5. The fourth-order valence-corrected chi connectivity index (χ4v) is 13.1. The van der Waals surface area contributed by atoms with E-state index in [-0.39, 0.29) is 25.7 Å². The van der Waals surface area contributed by atoms with E-state index in [9.17, 15) is 43.2 Å². The smallest absolute Gasteiger partial charge is 0.462 e. The summed E-state index contributed by atoms with van der Waals surface area (Å²) in [5.74, 6) is -1.33. The Labute approximate surface area is 575 Å². The van der Waals surface area contributed by atoms with Crippen LogP contribution in [-0.4, -0.2) is 96.7 Å². The van der Waals surface area contributed by atoms with E-state index in [1.165, 1.54) is 218 Å². The van der Waals surface area contributed by atoms with Gasteiger partial charge in [-0.25, -0.2) is 9.13 Å². The average molecular weight is 1380 g/mol. The van der Waals surface area contributed by atoms with Gasteiger partial charge in [-0.15, -0.1) is 0 Å². The Morgan fingerprint density at radius 3 is 0.723 bits per heavy atom. The maximum atomic E-state index is 13.1. The van der Waals surface area contributed by atoms with Gasteiger partial charge in [0, 0.05) is 25.7 Å². The summed E-state index contributed by atoms with van der Waals surface area (Å²) < 4.78 is 68.5. The Morgan fingerprint density at radius 1 is 0.287 bits per heavy atom. The molecule has 94 heavy (non-hydrogen) atoms. The molecule has 0 aliphatic carbocycles. The van der Waals surface area contributed by atoms with Gasteiger partial charge in [-0.2, -0.15) is 0 Å². The predicted octanol–water partition coefficient (Wildman–Crippen LogP) is 22.1. The number of unbranched alkanes of at least 4 members (excludes halogenated alkanes) is 47. The van der Waals surface area contributed by atoms with Crippen LogP contribution in [0.5, 0.6) is 0 Å². The molecule has 2 unspecified atom stereocenters. The Balaban J connectivity index is 5.24. The molecule has 19 heteroatoms. The molecule has 0 aromatic carbocycles. The van der Waals surface area contributed by atoms with Crippen LogP contribution in [0.2, 0.25) is 0 Å². The lowest BCUT2D eigenvalue weighted by atomic mass is 10.0. The van der Waals surface area contributed by atoms with E-state index >= 15 is 0 Å². The van der Waals surface area contributed by atoms with E-state index in [0.717, 1.165) is 95.8 Å². The van der Waals surface area contributed by atoms with Gasteiger partial charge in [0.15, 0.2) is 12.2 Å². The quantitative estimate of drug-likeness (QED) is 0.0222. The number of rotatable bonds is 75. The summed E-state index contributed by atoms with van der Waals surface area (Å²) in [6.07, 6.45) is 56.7. The van der Waals surface area contributed by atoms with Gasteiger partial charge in [0.2, 0.25) is 0 Å². The van der Waals surface area contributed by atoms with Crippen LogP contribution in [0, 0.1) is 5.92 Å². The van der Waals surface area contributed by atoms with Crippen LogP contribution >= 0.6 is 15.6 Å². The lowest BCUT2D eigenvalue weighted by Crippen LogP contribution is -2.30. The van der Waals surface area contributed by atoms with Crippen LogP contribution in [-0.2, 0) is 65.4 Å². The fraction of sp³-hybridized carbons (Fsp3) is 0.947. The van der Waals surface area contributed by atoms with Crippen LogP contribution in [0.3, 0.4) is 0 Å². The second kappa shape index (κ2) is 68.2. The number of hydrogen-bond acceptors (Lipinski definition) is 15. The highest BCUT2D eigenvalue weighted by Gasteiger charge is 2.30. The molecule has 0 heterocycles. The summed E-state index contributed by atoms with van der Waals surface area (Å²) in [4.78, 5) is 72.8. The van der Waals surface area contributed by atoms with Gasteiger partial charge in [0.05, 0.1) is 26.4 Å². The molecule has 5 atom stereocenters. The topological polar surface area (TPSA) is 237 Å². The van der Waals surface area contributed by atoms with E-state index in [1.807, 2.05) is 0 Å². The third-order valence-corrected chi connectivity index (χ3v) is 19.4. The highest BCUT2D eigenvalue weighted by atomic mass is 31.2. The molecule has 0 aromatic heterocycles. The second-order valence-corrected chi connectivity index (χ2v) is 30.4. The zero-order valence-electron chi connectivity index (χ0n) is 61.1. The summed E-state index contributed by atoms with van der Waals surface area (Å²) in [7, 11) is -9.91. The molecule has 0 radical (unpaired) electrons. The van der Waals surface area contributed by atoms with E-state index in [0.29, 0.717) is 25.7 Å². The number of aliphatic hydroxyl groups is 1. The molecular weight excluding hydrogens is 1230 g/mol. The van der Waals surface area contributed by atoms with E-state index < -0.39 is 97.5 Å². The van der Waals surface area contributed by atoms with Gasteiger partial charge in [-0.3, -0.25) is 37.3 Å². The first-order chi connectivity index (χ1) is 45.5. The maximum absolute atomic E-state index is 13.1. The molecule has 0 rings (SSSR count). The summed E-state index contributed by atoms with van der Waals surface area (Å²) in [6.45, 7) is 7.30. The van der Waals surface area contributed by atoms with E-state index in [2.05, 4.69) is 34.6 Å². The van der Waals surface area contributed by atoms with Gasteiger partial charge in [-0.05, 0) is 31.6 Å². The number of aliphatic hydroxyl groups excluding tert-OH is 1. The Kier molecular flexibility index (Phi) is 66.8. The largest absolute Gasteiger partial charge is 0.472 e. The van der Waals surface area contributed by atoms with Gasteiger partial charge in [0.25, 0.3) is 0 Å². The van der Waals surface area contributed by atoms with Crippen LogP contribution in [0.25, 0.3) is 0 Å². The van der Waals surface area contributed by atoms with Crippen LogP contribution in [0.15, 0.2) is 0 Å². The summed E-state index contributed by atoms with van der Waals surface area (Å²) in [6, 6.07) is 0. The van der Waals surface area contributed by atoms with Crippen molar-refractivity contribution in [2.75, 3.05) is 39.6 Å². The van der Waals surface area contributed by atoms with Crippen LogP contribution in [0.4, 0.5) is 0 Å². The molecule has 0 saturated carbocycles. The predicted molar refractivity (Wildman–Crippen MR) is 382 cm³/mol. The van der Waals surface area contributed by atoms with Crippen LogP contribution < -0.4 is 0 Å². The van der Waals surface area contributed by atoms with Crippen molar-refractivity contribution >= 4 is 39.5 Å². The number of esters is 4. The zero-order chi connectivity index (χ0) is 69.1. The monoisotopic (exact) mass is 1380 g/mol. The van der Waals surface area contributed by atoms with Crippen LogP contribution in [0.1, 0.15) is 394 Å². The number of carbonyl (C=O) groups is 4. The minimum absolute atomic E-state index is 0.108. The number of phosphoric ester groups is 2. The molecule has 0 saturated heterocycles. The Hall–Kier alpha value is -1.94. The van der Waals surface area contributed by atoms with Crippen molar-refractivity contribution in [2.45, 2.75) is 412 Å². The number of ether oxygens (including phenoxy) is 4. The van der Waals surface area contributed by atoms with Crippen molar-refractivity contribution in [2.24, 2.45) is 5.92 Å². The lowest BCUT2D eigenvalue weighted by Gasteiger charge is -2.21. The molecule has 0 aliphatic rings. The maximum Gasteiger partial charge on any atom is 0.472 e. The minimum Gasteiger partial charge on any atom is -0.462 e. The zero-order valence-corrected chi connectivity index (χ0v) is 62.9. The molecule has 0 aliphatic heterocycles. The first-order valence-electron chi connectivity index (χ1n) is 39.1. The second-order valence-electron chi connectivity index (χ2n) is 27.5. The summed E-state index contributed by atoms with van der Waals surface area (Å²) in [5, 5.41) is 10.6. The SMILES string of the molecule is CCCCCCCCCCCCCCCCCC(=O)OC[C@H](COP(=O)(O)OC[C@@H](O)COP(=O)(O)OC[C@@H](COC(=O)CCCCCCCCCCCC)OC(=O)CCCCCCCCCCCCCCC)OC(=O)CCCCCCCCCCCCCCCC(C)C. The summed E-state index contributed by atoms with van der Waals surface area (Å²) >= 11 is 0. The molecule has 0 fully saturated rings. The molecule has 17 nitrogen and oxygen atoms in total. The van der Waals surface area contributed by atoms with Crippen molar-refractivity contribution in [3.8, 4) is 0 Å². The van der Waals surface area contributed by atoms with Gasteiger partial charge in [0.1, 0.15) is 19.3 Å². The minimum atomic E-state index is -4.96. The molecular formula is C75H146O17P2. The van der Waals surface area contributed by atoms with Gasteiger partial charge >= 0.3 is 39.5 Å². The molecule has 3 N–H and O–H groups in total. The highest BCUT2D eigenvalue weighted by Crippen LogP contribution is 2.45. The highest BCUT2D eigenvalue weighted by molar-refractivity contribution is 7.47. The number of phosphoric acid groups is 2. The Bertz CT molecular complexity index is 1810. The molecule has 0 amide bonds. The number of hydrogen-bond donors (Lipinski definition) is 3. The first kappa shape index (κ1) is 92.1. The van der Waals surface area contributed by atoms with Crippen molar-refractivity contribution in [3.63, 3.8) is 0 Å². The van der Waals surface area contributed by atoms with Crippen molar-refractivity contribution in [1.29, 1.82) is 0 Å². The molecule has 0 spiro atoms. The third kappa shape index (κ3) is 68.6. The lowest BCUT2D eigenvalue weighted by molar-refractivity contribution is -0.161. The molecule has 0 bridgehead atoms. The van der Waals surface area contributed by atoms with Crippen molar-refractivity contribution in [1.82, 2.24) is 0 Å². The number of carbonyl (C=O) groups excluding carboxylic acids is 4. The molecule has 0 aromatic rings. The normalized spacial score (nSPS) is 14.0. The van der Waals surface area contributed by atoms with E-state index in [4.69, 9.17) is 37.0 Å². The summed E-state index contributed by atoms with van der Waals surface area (Å²) in [5.41, 5.74) is 0. The van der Waals surface area contributed by atoms with Crippen molar-refractivity contribution in [3.05, 3.63) is 0 Å². The van der Waals surface area contributed by atoms with E-state index in [1.54, 1.807) is 0 Å².